The van der Waals surface area contributed by atoms with Crippen molar-refractivity contribution in [2.75, 3.05) is 11.9 Å². The van der Waals surface area contributed by atoms with Crippen LogP contribution in [0.25, 0.3) is 5.69 Å². The van der Waals surface area contributed by atoms with Gasteiger partial charge in [-0.25, -0.2) is 22.6 Å². The van der Waals surface area contributed by atoms with E-state index in [0.29, 0.717) is 22.5 Å². The summed E-state index contributed by atoms with van der Waals surface area (Å²) < 4.78 is 34.8. The summed E-state index contributed by atoms with van der Waals surface area (Å²) in [4.78, 5) is 24.9. The average Bonchev–Trinajstić information content (AvgIpc) is 3.14. The third kappa shape index (κ3) is 5.70. The molecule has 180 valence electrons. The number of carbonyl (C=O) groups excluding carboxylic acids is 2. The maximum atomic E-state index is 12.8. The first-order chi connectivity index (χ1) is 15.9. The standard InChI is InChI=1S/C24H28N4O5S/c1-6-33-23(30)19-15-25-28(16(19)2)18-13-11-17(12-14-18)22(29)26-20-9-7-8-10-21(20)34(31,32)27-24(3,4)5/h7-15,27H,6H2,1-5H3,(H,26,29). The minimum absolute atomic E-state index is 0.0199. The van der Waals surface area contributed by atoms with Gasteiger partial charge in [-0.1, -0.05) is 12.1 Å². The highest BCUT2D eigenvalue weighted by molar-refractivity contribution is 7.89. The lowest BCUT2D eigenvalue weighted by molar-refractivity contribution is 0.0525. The lowest BCUT2D eigenvalue weighted by Gasteiger charge is -2.21. The number of hydrogen-bond donors (Lipinski definition) is 2. The Bertz CT molecular complexity index is 1310. The van der Waals surface area contributed by atoms with Crippen LogP contribution in [0.3, 0.4) is 0 Å². The van der Waals surface area contributed by atoms with Crippen molar-refractivity contribution in [2.24, 2.45) is 0 Å². The van der Waals surface area contributed by atoms with Crippen LogP contribution in [0.15, 0.2) is 59.6 Å². The molecule has 9 nitrogen and oxygen atoms in total. The second-order valence-electron chi connectivity index (χ2n) is 8.63. The molecule has 0 saturated carbocycles. The molecule has 10 heteroatoms. The molecule has 0 unspecified atom stereocenters. The number of nitrogens with zero attached hydrogens (tertiary/aromatic N) is 2. The first kappa shape index (κ1) is 25.1. The van der Waals surface area contributed by atoms with Gasteiger partial charge in [-0.2, -0.15) is 5.10 Å². The summed E-state index contributed by atoms with van der Waals surface area (Å²) in [6, 6.07) is 12.8. The number of amides is 1. The molecule has 0 atom stereocenters. The monoisotopic (exact) mass is 484 g/mol. The van der Waals surface area contributed by atoms with Gasteiger partial charge in [0.05, 0.1) is 29.9 Å². The lowest BCUT2D eigenvalue weighted by atomic mass is 10.1. The molecule has 2 N–H and O–H groups in total. The number of hydrogen-bond acceptors (Lipinski definition) is 6. The van der Waals surface area contributed by atoms with E-state index in [-0.39, 0.29) is 17.2 Å². The molecule has 3 rings (SSSR count). The van der Waals surface area contributed by atoms with E-state index in [0.717, 1.165) is 0 Å². The van der Waals surface area contributed by atoms with Gasteiger partial charge < -0.3 is 10.1 Å². The molecule has 34 heavy (non-hydrogen) atoms. The number of benzene rings is 2. The first-order valence-electron chi connectivity index (χ1n) is 10.7. The summed E-state index contributed by atoms with van der Waals surface area (Å²) in [5.74, 6) is -0.911. The molecule has 1 heterocycles. The number of para-hydroxylation sites is 1. The Morgan fingerprint density at radius 3 is 2.32 bits per heavy atom. The van der Waals surface area contributed by atoms with Gasteiger partial charge in [-0.05, 0) is 71.0 Å². The van der Waals surface area contributed by atoms with Gasteiger partial charge in [-0.15, -0.1) is 0 Å². The Kier molecular flexibility index (Phi) is 7.23. The summed E-state index contributed by atoms with van der Waals surface area (Å²) in [7, 11) is -3.85. The van der Waals surface area contributed by atoms with Crippen molar-refractivity contribution in [1.82, 2.24) is 14.5 Å². The van der Waals surface area contributed by atoms with Crippen LogP contribution in [0.1, 0.15) is 54.1 Å². The van der Waals surface area contributed by atoms with Gasteiger partial charge >= 0.3 is 5.97 Å². The summed E-state index contributed by atoms with van der Waals surface area (Å²) >= 11 is 0. The smallest absolute Gasteiger partial charge is 0.341 e. The van der Waals surface area contributed by atoms with E-state index in [2.05, 4.69) is 15.1 Å². The zero-order chi connectivity index (χ0) is 25.1. The Morgan fingerprint density at radius 2 is 1.71 bits per heavy atom. The summed E-state index contributed by atoms with van der Waals surface area (Å²) in [6.45, 7) is 8.97. The molecule has 0 aliphatic carbocycles. The van der Waals surface area contributed by atoms with Crippen molar-refractivity contribution in [2.45, 2.75) is 45.1 Å². The van der Waals surface area contributed by atoms with E-state index < -0.39 is 27.4 Å². The van der Waals surface area contributed by atoms with Gasteiger partial charge in [0.2, 0.25) is 10.0 Å². The molecule has 3 aromatic rings. The molecule has 0 aliphatic rings. The van der Waals surface area contributed by atoms with E-state index in [1.54, 1.807) is 75.7 Å². The molecule has 0 aliphatic heterocycles. The highest BCUT2D eigenvalue weighted by Crippen LogP contribution is 2.23. The Labute approximate surface area is 199 Å². The zero-order valence-electron chi connectivity index (χ0n) is 19.7. The number of ether oxygens (including phenoxy) is 1. The van der Waals surface area contributed by atoms with Crippen LogP contribution in [0.5, 0.6) is 0 Å². The highest BCUT2D eigenvalue weighted by atomic mass is 32.2. The maximum absolute atomic E-state index is 12.8. The molecule has 0 fully saturated rings. The van der Waals surface area contributed by atoms with Gasteiger partial charge in [0.25, 0.3) is 5.91 Å². The summed E-state index contributed by atoms with van der Waals surface area (Å²) in [5.41, 5.74) is 1.46. The second kappa shape index (κ2) is 9.78. The number of esters is 1. The fraction of sp³-hybridized carbons (Fsp3) is 0.292. The second-order valence-corrected chi connectivity index (χ2v) is 10.3. The predicted octanol–water partition coefficient (Wildman–Crippen LogP) is 3.69. The van der Waals surface area contributed by atoms with Gasteiger partial charge in [0.15, 0.2) is 0 Å². The third-order valence-corrected chi connectivity index (χ3v) is 6.56. The lowest BCUT2D eigenvalue weighted by Crippen LogP contribution is -2.40. The number of carbonyl (C=O) groups is 2. The van der Waals surface area contributed by atoms with Crippen LogP contribution >= 0.6 is 0 Å². The van der Waals surface area contributed by atoms with Crippen molar-refractivity contribution >= 4 is 27.6 Å². The van der Waals surface area contributed by atoms with E-state index in [1.807, 2.05) is 0 Å². The highest BCUT2D eigenvalue weighted by Gasteiger charge is 2.25. The van der Waals surface area contributed by atoms with E-state index in [4.69, 9.17) is 4.74 Å². The summed E-state index contributed by atoms with van der Waals surface area (Å²) in [6.07, 6.45) is 1.44. The van der Waals surface area contributed by atoms with Crippen LogP contribution < -0.4 is 10.0 Å². The Hall–Kier alpha value is -3.50. The van der Waals surface area contributed by atoms with Crippen molar-refractivity contribution in [3.8, 4) is 5.69 Å². The molecular formula is C24H28N4O5S. The number of rotatable bonds is 7. The molecule has 2 aromatic carbocycles. The van der Waals surface area contributed by atoms with Crippen LogP contribution in [0.2, 0.25) is 0 Å². The van der Waals surface area contributed by atoms with Gasteiger partial charge in [0.1, 0.15) is 10.5 Å². The minimum atomic E-state index is -3.85. The fourth-order valence-electron chi connectivity index (χ4n) is 3.29. The van der Waals surface area contributed by atoms with Gasteiger partial charge in [0, 0.05) is 11.1 Å². The number of nitrogens with one attached hydrogen (secondary N) is 2. The van der Waals surface area contributed by atoms with E-state index in [9.17, 15) is 18.0 Å². The topological polar surface area (TPSA) is 119 Å². The molecule has 1 aromatic heterocycles. The van der Waals surface area contributed by atoms with E-state index in [1.165, 1.54) is 18.3 Å². The maximum Gasteiger partial charge on any atom is 0.341 e. The van der Waals surface area contributed by atoms with Crippen LogP contribution in [0.4, 0.5) is 5.69 Å². The van der Waals surface area contributed by atoms with Crippen LogP contribution in [-0.2, 0) is 14.8 Å². The molecule has 0 spiro atoms. The largest absolute Gasteiger partial charge is 0.462 e. The minimum Gasteiger partial charge on any atom is -0.462 e. The van der Waals surface area contributed by atoms with Crippen molar-refractivity contribution < 1.29 is 22.7 Å². The first-order valence-corrected chi connectivity index (χ1v) is 12.2. The normalized spacial score (nSPS) is 11.8. The SMILES string of the molecule is CCOC(=O)c1cnn(-c2ccc(C(=O)Nc3ccccc3S(=O)(=O)NC(C)(C)C)cc2)c1C. The number of anilines is 1. The molecular weight excluding hydrogens is 456 g/mol. The van der Waals surface area contributed by atoms with Crippen LogP contribution in [0, 0.1) is 6.92 Å². The predicted molar refractivity (Wildman–Crippen MR) is 129 cm³/mol. The molecule has 0 saturated heterocycles. The van der Waals surface area contributed by atoms with Crippen molar-refractivity contribution in [1.29, 1.82) is 0 Å². The van der Waals surface area contributed by atoms with Crippen molar-refractivity contribution in [3.05, 3.63) is 71.5 Å². The summed E-state index contributed by atoms with van der Waals surface area (Å²) in [5, 5.41) is 6.92. The molecule has 0 radical (unpaired) electrons. The van der Waals surface area contributed by atoms with Gasteiger partial charge in [-0.3, -0.25) is 4.79 Å². The van der Waals surface area contributed by atoms with Crippen LogP contribution in [-0.4, -0.2) is 42.2 Å². The average molecular weight is 485 g/mol. The number of aromatic nitrogens is 2. The van der Waals surface area contributed by atoms with E-state index >= 15 is 0 Å². The fourth-order valence-corrected chi connectivity index (χ4v) is 4.87. The zero-order valence-corrected chi connectivity index (χ0v) is 20.6. The Morgan fingerprint density at radius 1 is 1.06 bits per heavy atom. The molecule has 1 amide bonds. The quantitative estimate of drug-likeness (QED) is 0.494. The third-order valence-electron chi connectivity index (χ3n) is 4.74. The van der Waals surface area contributed by atoms with Crippen molar-refractivity contribution in [3.63, 3.8) is 0 Å². The Balaban J connectivity index is 1.82. The molecule has 0 bridgehead atoms. The number of sulfonamides is 1.